The smallest absolute Gasteiger partial charge is 0.360 e. The van der Waals surface area contributed by atoms with Crippen molar-refractivity contribution in [2.45, 2.75) is 20.4 Å². The summed E-state index contributed by atoms with van der Waals surface area (Å²) in [5.41, 5.74) is 1.83. The van der Waals surface area contributed by atoms with E-state index in [1.54, 1.807) is 18.5 Å². The Morgan fingerprint density at radius 1 is 1.42 bits per heavy atom. The number of benzene rings is 1. The van der Waals surface area contributed by atoms with Crippen LogP contribution in [0.15, 0.2) is 24.3 Å². The van der Waals surface area contributed by atoms with Crippen molar-refractivity contribution in [2.75, 3.05) is 6.61 Å². The van der Waals surface area contributed by atoms with Crippen LogP contribution in [0.4, 0.5) is 0 Å². The van der Waals surface area contributed by atoms with Crippen molar-refractivity contribution >= 4 is 17.6 Å². The van der Waals surface area contributed by atoms with E-state index in [1.807, 2.05) is 24.3 Å². The maximum atomic E-state index is 11.6. The average Bonchev–Trinajstić information content (AvgIpc) is 2.74. The Bertz CT molecular complexity index is 595. The Balaban J connectivity index is 2.23. The summed E-state index contributed by atoms with van der Waals surface area (Å²) >= 11 is 6.09. The van der Waals surface area contributed by atoms with Gasteiger partial charge >= 0.3 is 5.97 Å². The lowest BCUT2D eigenvalue weighted by atomic mass is 10.2. The minimum atomic E-state index is -0.453. The molecule has 1 aromatic carbocycles. The first-order chi connectivity index (χ1) is 9.13. The number of carbonyl (C=O) groups excluding carboxylic acids is 1. The predicted octanol–water partition coefficient (Wildman–Crippen LogP) is 2.46. The van der Waals surface area contributed by atoms with Crippen molar-refractivity contribution in [3.8, 4) is 0 Å². The molecule has 100 valence electrons. The van der Waals surface area contributed by atoms with Gasteiger partial charge in [-0.25, -0.2) is 9.48 Å². The maximum absolute atomic E-state index is 11.6. The van der Waals surface area contributed by atoms with Gasteiger partial charge in [0.05, 0.1) is 18.8 Å². The van der Waals surface area contributed by atoms with Gasteiger partial charge in [0.2, 0.25) is 0 Å². The molecule has 0 fully saturated rings. The number of ether oxygens (including phenoxy) is 1. The van der Waals surface area contributed by atoms with Gasteiger partial charge in [0.15, 0.2) is 5.69 Å². The molecule has 0 radical (unpaired) electrons. The van der Waals surface area contributed by atoms with E-state index in [0.717, 1.165) is 5.56 Å². The first-order valence-electron chi connectivity index (χ1n) is 5.94. The van der Waals surface area contributed by atoms with Gasteiger partial charge in [0.1, 0.15) is 0 Å². The highest BCUT2D eigenvalue weighted by molar-refractivity contribution is 6.31. The predicted molar refractivity (Wildman–Crippen MR) is 71.3 cm³/mol. The molecule has 2 rings (SSSR count). The Morgan fingerprint density at radius 3 is 2.84 bits per heavy atom. The van der Waals surface area contributed by atoms with Crippen molar-refractivity contribution < 1.29 is 9.53 Å². The zero-order chi connectivity index (χ0) is 13.8. The van der Waals surface area contributed by atoms with Crippen LogP contribution < -0.4 is 0 Å². The lowest BCUT2D eigenvalue weighted by Crippen LogP contribution is -2.09. The molecule has 1 heterocycles. The van der Waals surface area contributed by atoms with E-state index in [-0.39, 0.29) is 5.69 Å². The normalized spacial score (nSPS) is 10.5. The number of halogens is 1. The molecule has 0 spiro atoms. The van der Waals surface area contributed by atoms with Gasteiger partial charge in [0, 0.05) is 5.02 Å². The summed E-state index contributed by atoms with van der Waals surface area (Å²) in [5.74, 6) is -0.453. The van der Waals surface area contributed by atoms with Crippen molar-refractivity contribution in [3.63, 3.8) is 0 Å². The van der Waals surface area contributed by atoms with Crippen LogP contribution in [-0.2, 0) is 11.3 Å². The third kappa shape index (κ3) is 2.93. The van der Waals surface area contributed by atoms with Crippen LogP contribution in [0.1, 0.15) is 28.7 Å². The molecule has 0 N–H and O–H groups in total. The summed E-state index contributed by atoms with van der Waals surface area (Å²) < 4.78 is 6.55. The largest absolute Gasteiger partial charge is 0.461 e. The summed E-state index contributed by atoms with van der Waals surface area (Å²) in [4.78, 5) is 11.6. The molecule has 0 aliphatic rings. The molecule has 0 unspecified atom stereocenters. The van der Waals surface area contributed by atoms with Crippen molar-refractivity contribution in [1.29, 1.82) is 0 Å². The third-order valence-electron chi connectivity index (χ3n) is 2.73. The molecule has 6 heteroatoms. The summed E-state index contributed by atoms with van der Waals surface area (Å²) in [6, 6.07) is 7.49. The Labute approximate surface area is 116 Å². The molecule has 0 amide bonds. The lowest BCUT2D eigenvalue weighted by Gasteiger charge is -2.05. The highest BCUT2D eigenvalue weighted by atomic mass is 35.5. The number of aromatic nitrogens is 3. The highest BCUT2D eigenvalue weighted by Gasteiger charge is 2.17. The van der Waals surface area contributed by atoms with Gasteiger partial charge in [-0.3, -0.25) is 0 Å². The van der Waals surface area contributed by atoms with Gasteiger partial charge in [-0.15, -0.1) is 5.10 Å². The fraction of sp³-hybridized carbons (Fsp3) is 0.308. The molecule has 0 saturated carbocycles. The molecule has 1 aromatic heterocycles. The van der Waals surface area contributed by atoms with Crippen LogP contribution in [0.5, 0.6) is 0 Å². The molecule has 19 heavy (non-hydrogen) atoms. The van der Waals surface area contributed by atoms with Gasteiger partial charge < -0.3 is 4.74 Å². The lowest BCUT2D eigenvalue weighted by molar-refractivity contribution is 0.0518. The summed E-state index contributed by atoms with van der Waals surface area (Å²) in [5, 5.41) is 8.48. The van der Waals surface area contributed by atoms with Crippen LogP contribution in [0, 0.1) is 6.92 Å². The Hall–Kier alpha value is -1.88. The van der Waals surface area contributed by atoms with E-state index in [0.29, 0.717) is 23.9 Å². The van der Waals surface area contributed by atoms with Crippen LogP contribution in [-0.4, -0.2) is 27.6 Å². The average molecular weight is 280 g/mol. The molecule has 0 atom stereocenters. The molecule has 0 bridgehead atoms. The Morgan fingerprint density at radius 2 is 2.16 bits per heavy atom. The molecule has 0 aliphatic carbocycles. The first kappa shape index (κ1) is 13.5. The zero-order valence-electron chi connectivity index (χ0n) is 10.8. The number of rotatable bonds is 4. The van der Waals surface area contributed by atoms with Crippen LogP contribution in [0.3, 0.4) is 0 Å². The maximum Gasteiger partial charge on any atom is 0.360 e. The third-order valence-corrected chi connectivity index (χ3v) is 3.10. The summed E-state index contributed by atoms with van der Waals surface area (Å²) in [6.07, 6.45) is 0. The summed E-state index contributed by atoms with van der Waals surface area (Å²) in [6.45, 7) is 4.32. The van der Waals surface area contributed by atoms with Crippen LogP contribution in [0.25, 0.3) is 0 Å². The van der Waals surface area contributed by atoms with E-state index >= 15 is 0 Å². The molecule has 2 aromatic rings. The van der Waals surface area contributed by atoms with Crippen LogP contribution in [0.2, 0.25) is 5.02 Å². The van der Waals surface area contributed by atoms with Gasteiger partial charge in [-0.05, 0) is 25.5 Å². The standard InChI is InChI=1S/C13H14ClN3O2/c1-3-19-13(18)12-9(2)17(16-15-12)8-10-6-4-5-7-11(10)14/h4-7H,3,8H2,1-2H3. The van der Waals surface area contributed by atoms with E-state index in [2.05, 4.69) is 10.3 Å². The highest BCUT2D eigenvalue weighted by Crippen LogP contribution is 2.17. The zero-order valence-corrected chi connectivity index (χ0v) is 11.5. The minimum Gasteiger partial charge on any atom is -0.461 e. The molecule has 0 saturated heterocycles. The van der Waals surface area contributed by atoms with E-state index in [1.165, 1.54) is 0 Å². The van der Waals surface area contributed by atoms with Crippen molar-refractivity contribution in [2.24, 2.45) is 0 Å². The fourth-order valence-electron chi connectivity index (χ4n) is 1.69. The first-order valence-corrected chi connectivity index (χ1v) is 6.32. The second-order valence-electron chi connectivity index (χ2n) is 3.99. The van der Waals surface area contributed by atoms with E-state index < -0.39 is 5.97 Å². The number of hydrogen-bond donors (Lipinski definition) is 0. The second-order valence-corrected chi connectivity index (χ2v) is 4.40. The van der Waals surface area contributed by atoms with Crippen molar-refractivity contribution in [3.05, 3.63) is 46.2 Å². The second kappa shape index (κ2) is 5.84. The van der Waals surface area contributed by atoms with E-state index in [9.17, 15) is 4.79 Å². The van der Waals surface area contributed by atoms with E-state index in [4.69, 9.17) is 16.3 Å². The SMILES string of the molecule is CCOC(=O)c1nnn(Cc2ccccc2Cl)c1C. The molecule has 5 nitrogen and oxygen atoms in total. The quantitative estimate of drug-likeness (QED) is 0.807. The van der Waals surface area contributed by atoms with Gasteiger partial charge in [-0.2, -0.15) is 0 Å². The summed E-state index contributed by atoms with van der Waals surface area (Å²) in [7, 11) is 0. The van der Waals surface area contributed by atoms with Crippen LogP contribution >= 0.6 is 11.6 Å². The number of esters is 1. The minimum absolute atomic E-state index is 0.244. The Kier molecular flexibility index (Phi) is 4.16. The molecule has 0 aliphatic heterocycles. The van der Waals surface area contributed by atoms with Crippen molar-refractivity contribution in [1.82, 2.24) is 15.0 Å². The van der Waals surface area contributed by atoms with Gasteiger partial charge in [0.25, 0.3) is 0 Å². The number of carbonyl (C=O) groups is 1. The molecular formula is C13H14ClN3O2. The number of hydrogen-bond acceptors (Lipinski definition) is 4. The fourth-order valence-corrected chi connectivity index (χ4v) is 1.88. The topological polar surface area (TPSA) is 57.0 Å². The molecular weight excluding hydrogens is 266 g/mol. The van der Waals surface area contributed by atoms with Gasteiger partial charge in [-0.1, -0.05) is 35.0 Å². The monoisotopic (exact) mass is 279 g/mol. The number of nitrogens with zero attached hydrogens (tertiary/aromatic N) is 3.